The number of carbonyl (C=O) groups is 1. The van der Waals surface area contributed by atoms with Gasteiger partial charge in [0, 0.05) is 23.6 Å². The van der Waals surface area contributed by atoms with E-state index in [9.17, 15) is 4.79 Å². The predicted molar refractivity (Wildman–Crippen MR) is 108 cm³/mol. The molecule has 0 radical (unpaired) electrons. The normalized spacial score (nSPS) is 10.7. The molecule has 0 spiro atoms. The van der Waals surface area contributed by atoms with E-state index in [1.807, 2.05) is 49.3 Å². The minimum atomic E-state index is -0.339. The van der Waals surface area contributed by atoms with E-state index < -0.39 is 0 Å². The van der Waals surface area contributed by atoms with Crippen LogP contribution in [0.15, 0.2) is 46.9 Å². The number of aromatic nitrogens is 3. The number of carbonyl (C=O) groups excluding carboxylic acids is 1. The molecule has 0 aliphatic rings. The number of hydrogen-bond donors (Lipinski definition) is 1. The van der Waals surface area contributed by atoms with Crippen LogP contribution in [0.3, 0.4) is 0 Å². The molecule has 0 saturated carbocycles. The maximum atomic E-state index is 12.7. The van der Waals surface area contributed by atoms with Gasteiger partial charge in [-0.15, -0.1) is 5.10 Å². The molecule has 6 nitrogen and oxygen atoms in total. The van der Waals surface area contributed by atoms with Crippen LogP contribution >= 0.6 is 27.5 Å². The standard InChI is InChI=1S/C18H17BrClN5O/c1-11-17(22-23-25(11)14-6-4-5-12(19)9-14)18(26)21-15-10-13(20)7-8-16(15)24(2)3/h4-10H,1-3H3,(H,21,26). The lowest BCUT2D eigenvalue weighted by Gasteiger charge is -2.18. The monoisotopic (exact) mass is 433 g/mol. The van der Waals surface area contributed by atoms with Gasteiger partial charge in [-0.2, -0.15) is 0 Å². The first-order valence-electron chi connectivity index (χ1n) is 7.83. The summed E-state index contributed by atoms with van der Waals surface area (Å²) in [5, 5.41) is 11.6. The predicted octanol–water partition coefficient (Wildman–Crippen LogP) is 4.31. The Bertz CT molecular complexity index is 970. The Labute approximate surface area is 164 Å². The number of rotatable bonds is 4. The highest BCUT2D eigenvalue weighted by Crippen LogP contribution is 2.28. The summed E-state index contributed by atoms with van der Waals surface area (Å²) >= 11 is 9.51. The quantitative estimate of drug-likeness (QED) is 0.664. The molecule has 26 heavy (non-hydrogen) atoms. The summed E-state index contributed by atoms with van der Waals surface area (Å²) in [7, 11) is 3.79. The van der Waals surface area contributed by atoms with Crippen molar-refractivity contribution < 1.29 is 4.79 Å². The highest BCUT2D eigenvalue weighted by atomic mass is 79.9. The van der Waals surface area contributed by atoms with Gasteiger partial charge in [0.1, 0.15) is 0 Å². The zero-order valence-electron chi connectivity index (χ0n) is 14.5. The number of hydrogen-bond acceptors (Lipinski definition) is 4. The molecule has 1 heterocycles. The average molecular weight is 435 g/mol. The van der Waals surface area contributed by atoms with Crippen molar-refractivity contribution in [1.29, 1.82) is 0 Å². The minimum Gasteiger partial charge on any atom is -0.376 e. The van der Waals surface area contributed by atoms with Crippen LogP contribution in [0.2, 0.25) is 5.02 Å². The summed E-state index contributed by atoms with van der Waals surface area (Å²) in [5.74, 6) is -0.339. The number of benzene rings is 2. The summed E-state index contributed by atoms with van der Waals surface area (Å²) in [4.78, 5) is 14.6. The Morgan fingerprint density at radius 3 is 2.69 bits per heavy atom. The zero-order chi connectivity index (χ0) is 18.8. The van der Waals surface area contributed by atoms with Crippen molar-refractivity contribution in [3.63, 3.8) is 0 Å². The third kappa shape index (κ3) is 3.73. The van der Waals surface area contributed by atoms with Gasteiger partial charge >= 0.3 is 0 Å². The van der Waals surface area contributed by atoms with Gasteiger partial charge in [-0.1, -0.05) is 38.8 Å². The van der Waals surface area contributed by atoms with Crippen molar-refractivity contribution in [1.82, 2.24) is 15.0 Å². The Balaban J connectivity index is 1.92. The van der Waals surface area contributed by atoms with Crippen LogP contribution < -0.4 is 10.2 Å². The molecule has 2 aromatic carbocycles. The third-order valence-electron chi connectivity index (χ3n) is 3.85. The van der Waals surface area contributed by atoms with Crippen LogP contribution in [0.25, 0.3) is 5.69 Å². The summed E-state index contributed by atoms with van der Waals surface area (Å²) in [6.07, 6.45) is 0. The number of nitrogens with zero attached hydrogens (tertiary/aromatic N) is 4. The second-order valence-electron chi connectivity index (χ2n) is 5.93. The largest absolute Gasteiger partial charge is 0.376 e. The molecule has 134 valence electrons. The molecule has 0 unspecified atom stereocenters. The Morgan fingerprint density at radius 2 is 2.00 bits per heavy atom. The van der Waals surface area contributed by atoms with E-state index in [0.717, 1.165) is 15.8 Å². The van der Waals surface area contributed by atoms with Crippen molar-refractivity contribution in [2.45, 2.75) is 6.92 Å². The number of amides is 1. The molecular weight excluding hydrogens is 418 g/mol. The summed E-state index contributed by atoms with van der Waals surface area (Å²) < 4.78 is 2.55. The van der Waals surface area contributed by atoms with Crippen molar-refractivity contribution >= 4 is 44.8 Å². The van der Waals surface area contributed by atoms with E-state index in [0.29, 0.717) is 16.4 Å². The maximum absolute atomic E-state index is 12.7. The highest BCUT2D eigenvalue weighted by Gasteiger charge is 2.19. The van der Waals surface area contributed by atoms with Crippen LogP contribution in [0.5, 0.6) is 0 Å². The molecule has 0 fully saturated rings. The zero-order valence-corrected chi connectivity index (χ0v) is 16.8. The Hall–Kier alpha value is -2.38. The van der Waals surface area contributed by atoms with E-state index >= 15 is 0 Å². The van der Waals surface area contributed by atoms with Gasteiger partial charge in [0.05, 0.1) is 22.8 Å². The number of nitrogens with one attached hydrogen (secondary N) is 1. The number of anilines is 2. The molecular formula is C18H17BrClN5O. The van der Waals surface area contributed by atoms with Gasteiger partial charge < -0.3 is 10.2 Å². The van der Waals surface area contributed by atoms with Crippen molar-refractivity contribution in [3.05, 3.63) is 63.3 Å². The second kappa shape index (κ2) is 7.47. The molecule has 3 rings (SSSR count). The van der Waals surface area contributed by atoms with Gasteiger partial charge in [0.2, 0.25) is 0 Å². The smallest absolute Gasteiger partial charge is 0.278 e. The lowest BCUT2D eigenvalue weighted by molar-refractivity contribution is 0.102. The topological polar surface area (TPSA) is 63.1 Å². The summed E-state index contributed by atoms with van der Waals surface area (Å²) in [6.45, 7) is 1.81. The minimum absolute atomic E-state index is 0.259. The first kappa shape index (κ1) is 18.4. The van der Waals surface area contributed by atoms with E-state index in [-0.39, 0.29) is 11.6 Å². The molecule has 8 heteroatoms. The lowest BCUT2D eigenvalue weighted by Crippen LogP contribution is -2.18. The van der Waals surface area contributed by atoms with Gasteiger partial charge in [0.25, 0.3) is 5.91 Å². The molecule has 1 N–H and O–H groups in total. The van der Waals surface area contributed by atoms with Crippen molar-refractivity contribution in [2.75, 3.05) is 24.3 Å². The fourth-order valence-electron chi connectivity index (χ4n) is 2.57. The first-order valence-corrected chi connectivity index (χ1v) is 9.00. The first-order chi connectivity index (χ1) is 12.4. The van der Waals surface area contributed by atoms with Gasteiger partial charge in [0.15, 0.2) is 5.69 Å². The van der Waals surface area contributed by atoms with Gasteiger partial charge in [-0.3, -0.25) is 4.79 Å². The van der Waals surface area contributed by atoms with E-state index in [2.05, 4.69) is 31.6 Å². The SMILES string of the molecule is Cc1c(C(=O)Nc2cc(Cl)ccc2N(C)C)nnn1-c1cccc(Br)c1. The average Bonchev–Trinajstić information content (AvgIpc) is 2.96. The second-order valence-corrected chi connectivity index (χ2v) is 7.28. The fraction of sp³-hybridized carbons (Fsp3) is 0.167. The molecule has 0 aliphatic heterocycles. The number of halogens is 2. The van der Waals surface area contributed by atoms with E-state index in [4.69, 9.17) is 11.6 Å². The lowest BCUT2D eigenvalue weighted by atomic mass is 10.2. The molecule has 1 amide bonds. The fourth-order valence-corrected chi connectivity index (χ4v) is 3.13. The van der Waals surface area contributed by atoms with Crippen LogP contribution in [0.1, 0.15) is 16.2 Å². The highest BCUT2D eigenvalue weighted by molar-refractivity contribution is 9.10. The third-order valence-corrected chi connectivity index (χ3v) is 4.58. The molecule has 0 saturated heterocycles. The maximum Gasteiger partial charge on any atom is 0.278 e. The molecule has 0 bridgehead atoms. The molecule has 0 atom stereocenters. The summed E-state index contributed by atoms with van der Waals surface area (Å²) in [5.41, 5.74) is 3.19. The van der Waals surface area contributed by atoms with E-state index in [1.165, 1.54) is 0 Å². The molecule has 1 aromatic heterocycles. The van der Waals surface area contributed by atoms with Crippen LogP contribution in [-0.2, 0) is 0 Å². The van der Waals surface area contributed by atoms with E-state index in [1.54, 1.807) is 23.7 Å². The van der Waals surface area contributed by atoms with Gasteiger partial charge in [-0.25, -0.2) is 4.68 Å². The van der Waals surface area contributed by atoms with Crippen LogP contribution in [-0.4, -0.2) is 35.0 Å². The van der Waals surface area contributed by atoms with Gasteiger partial charge in [-0.05, 0) is 43.3 Å². The van der Waals surface area contributed by atoms with Crippen molar-refractivity contribution in [3.8, 4) is 5.69 Å². The Kier molecular flexibility index (Phi) is 5.29. The van der Waals surface area contributed by atoms with Crippen LogP contribution in [0.4, 0.5) is 11.4 Å². The molecule has 3 aromatic rings. The summed E-state index contributed by atoms with van der Waals surface area (Å²) in [6, 6.07) is 13.0. The Morgan fingerprint density at radius 1 is 1.23 bits per heavy atom. The van der Waals surface area contributed by atoms with Crippen molar-refractivity contribution in [2.24, 2.45) is 0 Å². The van der Waals surface area contributed by atoms with Crippen LogP contribution in [0, 0.1) is 6.92 Å². The molecule has 0 aliphatic carbocycles.